The lowest BCUT2D eigenvalue weighted by molar-refractivity contribution is -0.161. The molecule has 0 heterocycles. The molecule has 0 aliphatic carbocycles. The average Bonchev–Trinajstić information content (AvgIpc) is 3.34. The van der Waals surface area contributed by atoms with E-state index < -0.39 is 6.10 Å². The third-order valence-corrected chi connectivity index (χ3v) is 13.3. The van der Waals surface area contributed by atoms with Gasteiger partial charge in [0.15, 0.2) is 6.10 Å². The SMILES string of the molecule is CC/C=C\C/C=C\C/C=C\C/C=C\C/C=C\CCCC(=O)OC(CO)COC(=O)CCCCCCCCCCCCCCCCCCCCCCCCCCCCCCCCCCCCCCC. The van der Waals surface area contributed by atoms with Crippen molar-refractivity contribution in [2.45, 2.75) is 315 Å². The molecule has 0 aromatic heterocycles. The van der Waals surface area contributed by atoms with Crippen LogP contribution in [0.15, 0.2) is 60.8 Å². The van der Waals surface area contributed by atoms with Crippen LogP contribution in [-0.4, -0.2) is 36.4 Å². The molecule has 1 unspecified atom stereocenters. The first-order chi connectivity index (χ1) is 33.6. The zero-order valence-electron chi connectivity index (χ0n) is 45.4. The smallest absolute Gasteiger partial charge is 0.306 e. The molecular formula is C63H114O5. The Morgan fingerprint density at radius 1 is 0.353 bits per heavy atom. The van der Waals surface area contributed by atoms with Gasteiger partial charge in [0.2, 0.25) is 0 Å². The van der Waals surface area contributed by atoms with Gasteiger partial charge in [-0.3, -0.25) is 9.59 Å². The van der Waals surface area contributed by atoms with E-state index in [-0.39, 0.29) is 31.6 Å². The average molecular weight is 952 g/mol. The fourth-order valence-electron chi connectivity index (χ4n) is 8.89. The lowest BCUT2D eigenvalue weighted by atomic mass is 10.0. The summed E-state index contributed by atoms with van der Waals surface area (Å²) < 4.78 is 10.6. The maximum Gasteiger partial charge on any atom is 0.306 e. The van der Waals surface area contributed by atoms with Crippen LogP contribution < -0.4 is 0 Å². The van der Waals surface area contributed by atoms with Gasteiger partial charge in [-0.05, 0) is 51.4 Å². The summed E-state index contributed by atoms with van der Waals surface area (Å²) in [5.74, 6) is -0.650. The minimum atomic E-state index is -0.803. The number of hydrogen-bond donors (Lipinski definition) is 1. The van der Waals surface area contributed by atoms with Crippen LogP contribution in [0.1, 0.15) is 309 Å². The molecule has 0 saturated carbocycles. The summed E-state index contributed by atoms with van der Waals surface area (Å²) in [6, 6.07) is 0. The Labute approximate surface area is 423 Å². The van der Waals surface area contributed by atoms with Crippen LogP contribution in [0, 0.1) is 0 Å². The van der Waals surface area contributed by atoms with Crippen molar-refractivity contribution in [1.82, 2.24) is 0 Å². The van der Waals surface area contributed by atoms with Crippen molar-refractivity contribution in [3.63, 3.8) is 0 Å². The first-order valence-corrected chi connectivity index (χ1v) is 29.8. The van der Waals surface area contributed by atoms with E-state index >= 15 is 0 Å². The van der Waals surface area contributed by atoms with Crippen LogP contribution in [0.5, 0.6) is 0 Å². The van der Waals surface area contributed by atoms with Crippen LogP contribution in [0.2, 0.25) is 0 Å². The van der Waals surface area contributed by atoms with Crippen LogP contribution in [0.4, 0.5) is 0 Å². The molecule has 0 aliphatic rings. The molecule has 0 spiro atoms. The Morgan fingerprint density at radius 3 is 0.941 bits per heavy atom. The summed E-state index contributed by atoms with van der Waals surface area (Å²) in [4.78, 5) is 24.4. The summed E-state index contributed by atoms with van der Waals surface area (Å²) in [6.45, 7) is 4.01. The minimum absolute atomic E-state index is 0.0877. The molecule has 0 aliphatic heterocycles. The van der Waals surface area contributed by atoms with Gasteiger partial charge in [0, 0.05) is 12.8 Å². The topological polar surface area (TPSA) is 72.8 Å². The van der Waals surface area contributed by atoms with E-state index in [1.54, 1.807) is 0 Å². The number of esters is 2. The molecule has 0 bridgehead atoms. The van der Waals surface area contributed by atoms with Gasteiger partial charge in [0.1, 0.15) is 6.61 Å². The number of aliphatic hydroxyl groups excluding tert-OH is 1. The molecule has 1 N–H and O–H groups in total. The normalized spacial score (nSPS) is 12.6. The molecule has 0 aromatic rings. The fourth-order valence-corrected chi connectivity index (χ4v) is 8.89. The van der Waals surface area contributed by atoms with Gasteiger partial charge in [-0.2, -0.15) is 0 Å². The second-order valence-corrected chi connectivity index (χ2v) is 20.1. The van der Waals surface area contributed by atoms with Crippen LogP contribution in [0.3, 0.4) is 0 Å². The monoisotopic (exact) mass is 951 g/mol. The van der Waals surface area contributed by atoms with E-state index in [4.69, 9.17) is 9.47 Å². The van der Waals surface area contributed by atoms with E-state index in [0.717, 1.165) is 57.8 Å². The lowest BCUT2D eigenvalue weighted by Gasteiger charge is -2.15. The molecule has 1 atom stereocenters. The molecule has 68 heavy (non-hydrogen) atoms. The van der Waals surface area contributed by atoms with Gasteiger partial charge in [-0.25, -0.2) is 0 Å². The van der Waals surface area contributed by atoms with Gasteiger partial charge in [-0.1, -0.05) is 306 Å². The van der Waals surface area contributed by atoms with Crippen molar-refractivity contribution < 1.29 is 24.2 Å². The Bertz CT molecular complexity index is 1170. The highest BCUT2D eigenvalue weighted by Gasteiger charge is 2.16. The van der Waals surface area contributed by atoms with Gasteiger partial charge >= 0.3 is 11.9 Å². The lowest BCUT2D eigenvalue weighted by Crippen LogP contribution is -2.28. The van der Waals surface area contributed by atoms with E-state index in [1.807, 2.05) is 0 Å². The predicted molar refractivity (Wildman–Crippen MR) is 297 cm³/mol. The number of aliphatic hydroxyl groups is 1. The highest BCUT2D eigenvalue weighted by molar-refractivity contribution is 5.70. The van der Waals surface area contributed by atoms with E-state index in [2.05, 4.69) is 74.6 Å². The molecular weight excluding hydrogens is 837 g/mol. The summed E-state index contributed by atoms with van der Waals surface area (Å²) in [5.41, 5.74) is 0. The summed E-state index contributed by atoms with van der Waals surface area (Å²) >= 11 is 0. The fraction of sp³-hybridized carbons (Fsp3) is 0.810. The van der Waals surface area contributed by atoms with Gasteiger partial charge in [0.25, 0.3) is 0 Å². The number of ether oxygens (including phenoxy) is 2. The highest BCUT2D eigenvalue weighted by atomic mass is 16.6. The van der Waals surface area contributed by atoms with Gasteiger partial charge < -0.3 is 14.6 Å². The van der Waals surface area contributed by atoms with Crippen molar-refractivity contribution in [2.75, 3.05) is 13.2 Å². The van der Waals surface area contributed by atoms with Crippen molar-refractivity contribution in [1.29, 1.82) is 0 Å². The third kappa shape index (κ3) is 56.2. The summed E-state index contributed by atoms with van der Waals surface area (Å²) in [5, 5.41) is 9.62. The largest absolute Gasteiger partial charge is 0.462 e. The zero-order chi connectivity index (χ0) is 49.2. The Kier molecular flexibility index (Phi) is 56.8. The van der Waals surface area contributed by atoms with Crippen molar-refractivity contribution in [3.8, 4) is 0 Å². The number of unbranched alkanes of at least 4 members (excludes halogenated alkanes) is 37. The molecule has 5 heteroatoms. The summed E-state index contributed by atoms with van der Waals surface area (Å²) in [6.07, 6.45) is 79.6. The minimum Gasteiger partial charge on any atom is -0.462 e. The summed E-state index contributed by atoms with van der Waals surface area (Å²) in [7, 11) is 0. The first-order valence-electron chi connectivity index (χ1n) is 29.8. The third-order valence-electron chi connectivity index (χ3n) is 13.3. The first kappa shape index (κ1) is 65.6. The molecule has 0 saturated heterocycles. The predicted octanol–water partition coefficient (Wildman–Crippen LogP) is 20.2. The Balaban J connectivity index is 3.41. The van der Waals surface area contributed by atoms with Crippen LogP contribution >= 0.6 is 0 Å². The van der Waals surface area contributed by atoms with E-state index in [0.29, 0.717) is 12.8 Å². The molecule has 0 fully saturated rings. The van der Waals surface area contributed by atoms with Crippen molar-refractivity contribution in [2.24, 2.45) is 0 Å². The van der Waals surface area contributed by atoms with Gasteiger partial charge in [0.05, 0.1) is 6.61 Å². The second kappa shape index (κ2) is 58.9. The Hall–Kier alpha value is -2.40. The van der Waals surface area contributed by atoms with E-state index in [9.17, 15) is 14.7 Å². The van der Waals surface area contributed by atoms with Crippen LogP contribution in [0.25, 0.3) is 0 Å². The number of rotatable bonds is 55. The van der Waals surface area contributed by atoms with Crippen molar-refractivity contribution >= 4 is 11.9 Å². The van der Waals surface area contributed by atoms with Gasteiger partial charge in [-0.15, -0.1) is 0 Å². The standard InChI is InChI=1S/C63H114O5/c1-3-5-7-9-11-13-15-17-19-21-22-23-24-25-26-27-28-29-30-31-32-33-34-35-36-37-38-39-40-42-43-45-47-49-51-53-55-57-62(65)67-60-61(59-64)68-63(66)58-56-54-52-50-48-46-44-41-20-18-16-14-12-10-8-6-4-2/h6,8,12,14,18,20,44,46,50,52,61,64H,3-5,7,9-11,13,15-17,19,21-43,45,47-49,51,53-60H2,1-2H3/b8-6-,14-12-,20-18-,46-44-,52-50-. The molecule has 0 aromatic carbocycles. The molecule has 0 radical (unpaired) electrons. The second-order valence-electron chi connectivity index (χ2n) is 20.1. The molecule has 0 rings (SSSR count). The molecule has 396 valence electrons. The Morgan fingerprint density at radius 2 is 0.632 bits per heavy atom. The number of allylic oxidation sites excluding steroid dienone is 10. The van der Waals surface area contributed by atoms with Crippen LogP contribution in [-0.2, 0) is 19.1 Å². The molecule has 5 nitrogen and oxygen atoms in total. The zero-order valence-corrected chi connectivity index (χ0v) is 45.4. The maximum atomic E-state index is 12.2. The molecule has 0 amide bonds. The quantitative estimate of drug-likeness (QED) is 0.0374. The number of carbonyl (C=O) groups is 2. The van der Waals surface area contributed by atoms with E-state index in [1.165, 1.54) is 218 Å². The number of hydrogen-bond acceptors (Lipinski definition) is 5. The number of carbonyl (C=O) groups excluding carboxylic acids is 2. The maximum absolute atomic E-state index is 12.2. The highest BCUT2D eigenvalue weighted by Crippen LogP contribution is 2.18. The van der Waals surface area contributed by atoms with Crippen molar-refractivity contribution in [3.05, 3.63) is 60.8 Å².